The van der Waals surface area contributed by atoms with Crippen LogP contribution in [0.25, 0.3) is 0 Å². The van der Waals surface area contributed by atoms with Crippen molar-refractivity contribution in [3.8, 4) is 5.75 Å². The molecule has 132 valence electrons. The molecular formula is C17H31IN4O. The third-order valence-electron chi connectivity index (χ3n) is 4.07. The van der Waals surface area contributed by atoms with Crippen molar-refractivity contribution >= 4 is 35.6 Å². The maximum atomic E-state index is 6.03. The van der Waals surface area contributed by atoms with E-state index >= 15 is 0 Å². The molecule has 1 atom stereocenters. The maximum Gasteiger partial charge on any atom is 0.193 e. The molecule has 0 bridgehead atoms. The van der Waals surface area contributed by atoms with Crippen LogP contribution < -0.4 is 15.8 Å². The highest BCUT2D eigenvalue weighted by atomic mass is 127. The minimum Gasteiger partial charge on any atom is -0.495 e. The summed E-state index contributed by atoms with van der Waals surface area (Å²) in [6.07, 6.45) is 2.30. The summed E-state index contributed by atoms with van der Waals surface area (Å²) in [4.78, 5) is 6.75. The standard InChI is InChI=1S/C17H30N4O.HI/c1-6-13(7-2)15(21(3)4)12-19-17(18)20-14-10-8-9-11-16(14)22-5;/h8-11,13,15H,6-7,12H2,1-5H3,(H3,18,19,20);1H. The van der Waals surface area contributed by atoms with Gasteiger partial charge in [0.05, 0.1) is 19.3 Å². The lowest BCUT2D eigenvalue weighted by atomic mass is 9.93. The molecule has 0 aliphatic rings. The first-order chi connectivity index (χ1) is 10.5. The Labute approximate surface area is 157 Å². The number of guanidine groups is 1. The molecule has 0 saturated carbocycles. The van der Waals surface area contributed by atoms with Gasteiger partial charge in [0.1, 0.15) is 5.75 Å². The minimum atomic E-state index is 0. The van der Waals surface area contributed by atoms with E-state index in [0.29, 0.717) is 24.5 Å². The number of hydrogen-bond donors (Lipinski definition) is 2. The average Bonchev–Trinajstić information content (AvgIpc) is 2.51. The molecule has 1 rings (SSSR count). The summed E-state index contributed by atoms with van der Waals surface area (Å²) in [5, 5.41) is 3.11. The van der Waals surface area contributed by atoms with Crippen LogP contribution in [0.4, 0.5) is 5.69 Å². The highest BCUT2D eigenvalue weighted by molar-refractivity contribution is 14.0. The fraction of sp³-hybridized carbons (Fsp3) is 0.588. The van der Waals surface area contributed by atoms with E-state index in [1.54, 1.807) is 7.11 Å². The Kier molecular flexibility index (Phi) is 11.0. The lowest BCUT2D eigenvalue weighted by Gasteiger charge is -2.30. The van der Waals surface area contributed by atoms with Gasteiger partial charge in [-0.25, -0.2) is 0 Å². The van der Waals surface area contributed by atoms with Gasteiger partial charge in [-0.15, -0.1) is 24.0 Å². The fourth-order valence-corrected chi connectivity index (χ4v) is 2.68. The van der Waals surface area contributed by atoms with E-state index in [-0.39, 0.29) is 24.0 Å². The highest BCUT2D eigenvalue weighted by Crippen LogP contribution is 2.22. The van der Waals surface area contributed by atoms with Crippen LogP contribution in [0.3, 0.4) is 0 Å². The summed E-state index contributed by atoms with van der Waals surface area (Å²) in [7, 11) is 5.84. The summed E-state index contributed by atoms with van der Waals surface area (Å²) in [5.41, 5.74) is 6.85. The average molecular weight is 434 g/mol. The van der Waals surface area contributed by atoms with E-state index in [4.69, 9.17) is 10.5 Å². The Morgan fingerprint density at radius 1 is 1.26 bits per heavy atom. The first-order valence-electron chi connectivity index (χ1n) is 7.89. The summed E-state index contributed by atoms with van der Waals surface area (Å²) in [5.74, 6) is 1.80. The van der Waals surface area contributed by atoms with Gasteiger partial charge in [0.15, 0.2) is 5.96 Å². The van der Waals surface area contributed by atoms with Crippen molar-refractivity contribution in [1.29, 1.82) is 0 Å². The van der Waals surface area contributed by atoms with Gasteiger partial charge in [0.2, 0.25) is 0 Å². The van der Waals surface area contributed by atoms with Crippen molar-refractivity contribution in [3.05, 3.63) is 24.3 Å². The second kappa shape index (κ2) is 11.5. The van der Waals surface area contributed by atoms with Crippen LogP contribution in [0.5, 0.6) is 5.75 Å². The molecule has 0 saturated heterocycles. The first-order valence-corrected chi connectivity index (χ1v) is 7.89. The number of ether oxygens (including phenoxy) is 1. The molecule has 1 unspecified atom stereocenters. The number of rotatable bonds is 8. The number of nitrogens with two attached hydrogens (primary N) is 1. The Morgan fingerprint density at radius 2 is 1.87 bits per heavy atom. The van der Waals surface area contributed by atoms with Gasteiger partial charge in [-0.1, -0.05) is 38.8 Å². The van der Waals surface area contributed by atoms with Crippen LogP contribution in [0, 0.1) is 5.92 Å². The third-order valence-corrected chi connectivity index (χ3v) is 4.07. The number of para-hydroxylation sites is 2. The zero-order valence-corrected chi connectivity index (χ0v) is 17.2. The van der Waals surface area contributed by atoms with Crippen LogP contribution in [-0.4, -0.2) is 44.7 Å². The Hall–Kier alpha value is -1.02. The number of nitrogens with zero attached hydrogens (tertiary/aromatic N) is 2. The van der Waals surface area contributed by atoms with Crippen molar-refractivity contribution in [2.75, 3.05) is 33.1 Å². The molecule has 6 heteroatoms. The molecule has 0 radical (unpaired) electrons. The Morgan fingerprint density at radius 3 is 2.39 bits per heavy atom. The summed E-state index contributed by atoms with van der Waals surface area (Å²) in [6.45, 7) is 5.14. The molecule has 5 nitrogen and oxygen atoms in total. The number of methoxy groups -OCH3 is 1. The molecule has 0 aliphatic carbocycles. The molecule has 0 aliphatic heterocycles. The number of nitrogens with one attached hydrogen (secondary N) is 1. The lowest BCUT2D eigenvalue weighted by Crippen LogP contribution is -2.38. The SMILES string of the molecule is CCC(CC)C(CN=C(N)Nc1ccccc1OC)N(C)C.I. The van der Waals surface area contributed by atoms with Crippen molar-refractivity contribution in [2.24, 2.45) is 16.6 Å². The second-order valence-electron chi connectivity index (χ2n) is 5.66. The summed E-state index contributed by atoms with van der Waals surface area (Å²) < 4.78 is 5.30. The zero-order chi connectivity index (χ0) is 16.5. The third kappa shape index (κ3) is 6.95. The van der Waals surface area contributed by atoms with E-state index in [0.717, 1.165) is 24.3 Å². The highest BCUT2D eigenvalue weighted by Gasteiger charge is 2.20. The largest absolute Gasteiger partial charge is 0.495 e. The van der Waals surface area contributed by atoms with Crippen LogP contribution in [-0.2, 0) is 0 Å². The molecule has 0 heterocycles. The van der Waals surface area contributed by atoms with Crippen molar-refractivity contribution in [3.63, 3.8) is 0 Å². The van der Waals surface area contributed by atoms with E-state index in [1.807, 2.05) is 24.3 Å². The van der Waals surface area contributed by atoms with Crippen molar-refractivity contribution in [2.45, 2.75) is 32.7 Å². The molecule has 0 spiro atoms. The summed E-state index contributed by atoms with van der Waals surface area (Å²) in [6, 6.07) is 8.07. The molecule has 0 aromatic heterocycles. The molecular weight excluding hydrogens is 403 g/mol. The molecule has 0 fully saturated rings. The normalized spacial score (nSPS) is 12.9. The van der Waals surface area contributed by atoms with Gasteiger partial charge < -0.3 is 20.7 Å². The monoisotopic (exact) mass is 434 g/mol. The summed E-state index contributed by atoms with van der Waals surface area (Å²) >= 11 is 0. The van der Waals surface area contributed by atoms with Gasteiger partial charge >= 0.3 is 0 Å². The lowest BCUT2D eigenvalue weighted by molar-refractivity contribution is 0.206. The van der Waals surface area contributed by atoms with Gasteiger partial charge in [-0.05, 0) is 32.1 Å². The number of anilines is 1. The Balaban J connectivity index is 0.00000484. The van der Waals surface area contributed by atoms with E-state index < -0.39 is 0 Å². The van der Waals surface area contributed by atoms with E-state index in [9.17, 15) is 0 Å². The fourth-order valence-electron chi connectivity index (χ4n) is 2.68. The van der Waals surface area contributed by atoms with Crippen LogP contribution in [0.2, 0.25) is 0 Å². The van der Waals surface area contributed by atoms with Gasteiger partial charge in [0.25, 0.3) is 0 Å². The smallest absolute Gasteiger partial charge is 0.193 e. The second-order valence-corrected chi connectivity index (χ2v) is 5.66. The number of hydrogen-bond acceptors (Lipinski definition) is 3. The van der Waals surface area contributed by atoms with Crippen LogP contribution >= 0.6 is 24.0 Å². The quantitative estimate of drug-likeness (QED) is 0.374. The minimum absolute atomic E-state index is 0. The Bertz CT molecular complexity index is 475. The predicted octanol–water partition coefficient (Wildman–Crippen LogP) is 3.41. The van der Waals surface area contributed by atoms with Gasteiger partial charge in [-0.3, -0.25) is 4.99 Å². The topological polar surface area (TPSA) is 62.9 Å². The van der Waals surface area contributed by atoms with Crippen molar-refractivity contribution < 1.29 is 4.74 Å². The van der Waals surface area contributed by atoms with E-state index in [2.05, 4.69) is 43.2 Å². The van der Waals surface area contributed by atoms with Crippen LogP contribution in [0.1, 0.15) is 26.7 Å². The molecule has 0 amide bonds. The first kappa shape index (κ1) is 22.0. The van der Waals surface area contributed by atoms with Crippen LogP contribution in [0.15, 0.2) is 29.3 Å². The number of aliphatic imine (C=N–C) groups is 1. The molecule has 1 aromatic carbocycles. The molecule has 3 N–H and O–H groups in total. The van der Waals surface area contributed by atoms with Gasteiger partial charge in [-0.2, -0.15) is 0 Å². The number of halogens is 1. The zero-order valence-electron chi connectivity index (χ0n) is 14.9. The number of benzene rings is 1. The number of likely N-dealkylation sites (N-methyl/N-ethyl adjacent to an activating group) is 1. The maximum absolute atomic E-state index is 6.03. The van der Waals surface area contributed by atoms with E-state index in [1.165, 1.54) is 0 Å². The molecule has 23 heavy (non-hydrogen) atoms. The molecule has 1 aromatic rings. The predicted molar refractivity (Wildman–Crippen MR) is 110 cm³/mol. The van der Waals surface area contributed by atoms with Crippen molar-refractivity contribution in [1.82, 2.24) is 4.90 Å². The van der Waals surface area contributed by atoms with Gasteiger partial charge in [0, 0.05) is 6.04 Å².